The molecule has 3 heterocycles. The van der Waals surface area contributed by atoms with Crippen molar-refractivity contribution in [1.29, 1.82) is 0 Å². The molecule has 16 heavy (non-hydrogen) atoms. The van der Waals surface area contributed by atoms with Crippen LogP contribution in [0.15, 0.2) is 6.07 Å². The minimum absolute atomic E-state index is 0.418. The molecule has 1 aromatic rings. The quantitative estimate of drug-likeness (QED) is 0.718. The molecule has 0 N–H and O–H groups in total. The van der Waals surface area contributed by atoms with Crippen molar-refractivity contribution in [2.75, 3.05) is 20.3 Å². The second kappa shape index (κ2) is 3.57. The van der Waals surface area contributed by atoms with E-state index in [1.165, 1.54) is 11.4 Å². The maximum atomic E-state index is 5.59. The van der Waals surface area contributed by atoms with Crippen molar-refractivity contribution in [3.8, 4) is 0 Å². The minimum Gasteiger partial charge on any atom is -0.377 e. The first-order valence-electron chi connectivity index (χ1n) is 6.03. The molecule has 0 spiro atoms. The van der Waals surface area contributed by atoms with Gasteiger partial charge in [0.1, 0.15) is 0 Å². The summed E-state index contributed by atoms with van der Waals surface area (Å²) in [5, 5.41) is 4.74. The standard InChI is InChI=1S/C12H19N3O/c1-8(2)10-4-9-5-14(3)11-6-16-7-12(11)15(9)13-10/h4,8,11-12H,5-7H2,1-3H3/t11-,12+/m1/s1. The molecule has 0 amide bonds. The van der Waals surface area contributed by atoms with Gasteiger partial charge in [0, 0.05) is 6.54 Å². The highest BCUT2D eigenvalue weighted by molar-refractivity contribution is 5.17. The highest BCUT2D eigenvalue weighted by atomic mass is 16.5. The van der Waals surface area contributed by atoms with Crippen LogP contribution in [0.2, 0.25) is 0 Å². The van der Waals surface area contributed by atoms with Crippen LogP contribution in [0.1, 0.15) is 37.2 Å². The Morgan fingerprint density at radius 2 is 2.12 bits per heavy atom. The summed E-state index contributed by atoms with van der Waals surface area (Å²) in [4.78, 5) is 2.39. The molecular formula is C12H19N3O. The zero-order valence-corrected chi connectivity index (χ0v) is 10.2. The molecule has 4 nitrogen and oxygen atoms in total. The van der Waals surface area contributed by atoms with Crippen LogP contribution in [0.5, 0.6) is 0 Å². The van der Waals surface area contributed by atoms with E-state index >= 15 is 0 Å². The summed E-state index contributed by atoms with van der Waals surface area (Å²) in [6.45, 7) is 7.03. The van der Waals surface area contributed by atoms with Crippen LogP contribution in [-0.2, 0) is 11.3 Å². The highest BCUT2D eigenvalue weighted by Crippen LogP contribution is 2.31. The van der Waals surface area contributed by atoms with Crippen molar-refractivity contribution in [3.05, 3.63) is 17.5 Å². The number of fused-ring (bicyclic) bond motifs is 3. The Morgan fingerprint density at radius 1 is 1.38 bits per heavy atom. The Labute approximate surface area is 96.2 Å². The molecular weight excluding hydrogens is 202 g/mol. The topological polar surface area (TPSA) is 30.3 Å². The Bertz CT molecular complexity index is 399. The molecule has 2 aliphatic heterocycles. The molecule has 3 rings (SSSR count). The number of rotatable bonds is 1. The lowest BCUT2D eigenvalue weighted by Gasteiger charge is -2.34. The van der Waals surface area contributed by atoms with Gasteiger partial charge in [-0.05, 0) is 19.0 Å². The van der Waals surface area contributed by atoms with Crippen molar-refractivity contribution in [2.45, 2.75) is 38.4 Å². The summed E-state index contributed by atoms with van der Waals surface area (Å²) in [5.41, 5.74) is 2.54. The third kappa shape index (κ3) is 1.40. The van der Waals surface area contributed by atoms with E-state index < -0.39 is 0 Å². The fourth-order valence-electron chi connectivity index (χ4n) is 2.70. The van der Waals surface area contributed by atoms with Gasteiger partial charge in [-0.3, -0.25) is 9.58 Å². The van der Waals surface area contributed by atoms with Crippen LogP contribution in [0.25, 0.3) is 0 Å². The van der Waals surface area contributed by atoms with E-state index in [9.17, 15) is 0 Å². The monoisotopic (exact) mass is 221 g/mol. The molecule has 0 aliphatic carbocycles. The normalized spacial score (nSPS) is 29.5. The Kier molecular flexibility index (Phi) is 2.30. The van der Waals surface area contributed by atoms with Crippen molar-refractivity contribution in [3.63, 3.8) is 0 Å². The first-order chi connectivity index (χ1) is 7.66. The SMILES string of the molecule is CC(C)c1cc2n(n1)[C@H]1COC[C@H]1N(C)C2. The van der Waals surface area contributed by atoms with E-state index in [-0.39, 0.29) is 0 Å². The predicted molar refractivity (Wildman–Crippen MR) is 61.4 cm³/mol. The third-order valence-electron chi connectivity index (χ3n) is 3.74. The Balaban J connectivity index is 2.01. The lowest BCUT2D eigenvalue weighted by atomic mass is 10.1. The fourth-order valence-corrected chi connectivity index (χ4v) is 2.70. The summed E-state index contributed by atoms with van der Waals surface area (Å²) in [6, 6.07) is 3.17. The van der Waals surface area contributed by atoms with E-state index in [1.807, 2.05) is 0 Å². The largest absolute Gasteiger partial charge is 0.377 e. The summed E-state index contributed by atoms with van der Waals surface area (Å²) in [5.74, 6) is 0.504. The fraction of sp³-hybridized carbons (Fsp3) is 0.750. The van der Waals surface area contributed by atoms with E-state index in [2.05, 4.69) is 36.5 Å². The number of hydrogen-bond acceptors (Lipinski definition) is 3. The van der Waals surface area contributed by atoms with Gasteiger partial charge in [-0.2, -0.15) is 5.10 Å². The van der Waals surface area contributed by atoms with Gasteiger partial charge >= 0.3 is 0 Å². The molecule has 2 aliphatic rings. The molecule has 1 fully saturated rings. The van der Waals surface area contributed by atoms with Crippen molar-refractivity contribution >= 4 is 0 Å². The van der Waals surface area contributed by atoms with E-state index in [0.717, 1.165) is 19.8 Å². The van der Waals surface area contributed by atoms with Gasteiger partial charge in [0.25, 0.3) is 0 Å². The van der Waals surface area contributed by atoms with E-state index in [1.54, 1.807) is 0 Å². The van der Waals surface area contributed by atoms with Crippen molar-refractivity contribution in [2.24, 2.45) is 0 Å². The third-order valence-corrected chi connectivity index (χ3v) is 3.74. The van der Waals surface area contributed by atoms with Crippen LogP contribution >= 0.6 is 0 Å². The van der Waals surface area contributed by atoms with Crippen molar-refractivity contribution in [1.82, 2.24) is 14.7 Å². The predicted octanol–water partition coefficient (Wildman–Crippen LogP) is 1.39. The van der Waals surface area contributed by atoms with E-state index in [0.29, 0.717) is 18.0 Å². The van der Waals surface area contributed by atoms with Crippen LogP contribution in [-0.4, -0.2) is 41.0 Å². The molecule has 1 saturated heterocycles. The molecule has 0 saturated carbocycles. The van der Waals surface area contributed by atoms with Crippen LogP contribution in [0, 0.1) is 0 Å². The molecule has 0 bridgehead atoms. The average molecular weight is 221 g/mol. The molecule has 1 aromatic heterocycles. The number of ether oxygens (including phenoxy) is 1. The van der Waals surface area contributed by atoms with Gasteiger partial charge in [0.15, 0.2) is 0 Å². The van der Waals surface area contributed by atoms with E-state index in [4.69, 9.17) is 9.84 Å². The molecule has 2 atom stereocenters. The maximum Gasteiger partial charge on any atom is 0.0933 e. The van der Waals surface area contributed by atoms with Gasteiger partial charge < -0.3 is 4.74 Å². The molecule has 0 radical (unpaired) electrons. The number of likely N-dealkylation sites (N-methyl/N-ethyl adjacent to an activating group) is 1. The zero-order chi connectivity index (χ0) is 11.3. The number of aromatic nitrogens is 2. The van der Waals surface area contributed by atoms with Gasteiger partial charge in [-0.25, -0.2) is 0 Å². The Hall–Kier alpha value is -0.870. The zero-order valence-electron chi connectivity index (χ0n) is 10.2. The molecule has 0 aromatic carbocycles. The van der Waals surface area contributed by atoms with Gasteiger partial charge in [0.2, 0.25) is 0 Å². The highest BCUT2D eigenvalue weighted by Gasteiger charge is 2.38. The molecule has 88 valence electrons. The second-order valence-electron chi connectivity index (χ2n) is 5.25. The first-order valence-corrected chi connectivity index (χ1v) is 6.03. The average Bonchev–Trinajstić information content (AvgIpc) is 2.80. The maximum absolute atomic E-state index is 5.59. The summed E-state index contributed by atoms with van der Waals surface area (Å²) in [6.07, 6.45) is 0. The van der Waals surface area contributed by atoms with Crippen LogP contribution in [0.4, 0.5) is 0 Å². The Morgan fingerprint density at radius 3 is 2.88 bits per heavy atom. The molecule has 0 unspecified atom stereocenters. The first kappa shape index (κ1) is 10.3. The number of nitrogens with zero attached hydrogens (tertiary/aromatic N) is 3. The van der Waals surface area contributed by atoms with Crippen LogP contribution < -0.4 is 0 Å². The smallest absolute Gasteiger partial charge is 0.0933 e. The molecule has 4 heteroatoms. The summed E-state index contributed by atoms with van der Waals surface area (Å²) >= 11 is 0. The minimum atomic E-state index is 0.418. The summed E-state index contributed by atoms with van der Waals surface area (Å²) in [7, 11) is 2.18. The summed E-state index contributed by atoms with van der Waals surface area (Å²) < 4.78 is 7.79. The van der Waals surface area contributed by atoms with Gasteiger partial charge in [-0.15, -0.1) is 0 Å². The van der Waals surface area contributed by atoms with Gasteiger partial charge in [0.05, 0.1) is 36.7 Å². The lowest BCUT2D eigenvalue weighted by molar-refractivity contribution is 0.143. The number of hydrogen-bond donors (Lipinski definition) is 0. The van der Waals surface area contributed by atoms with Gasteiger partial charge in [-0.1, -0.05) is 13.8 Å². The van der Waals surface area contributed by atoms with Crippen molar-refractivity contribution < 1.29 is 4.74 Å². The second-order valence-corrected chi connectivity index (χ2v) is 5.25. The van der Waals surface area contributed by atoms with Crippen LogP contribution in [0.3, 0.4) is 0 Å². The lowest BCUT2D eigenvalue weighted by Crippen LogP contribution is -2.43.